The van der Waals surface area contributed by atoms with Gasteiger partial charge in [0, 0.05) is 30.5 Å². The molecule has 0 unspecified atom stereocenters. The van der Waals surface area contributed by atoms with Crippen molar-refractivity contribution in [2.24, 2.45) is 5.92 Å². The lowest BCUT2D eigenvalue weighted by atomic mass is 9.99. The van der Waals surface area contributed by atoms with Crippen LogP contribution in [-0.2, 0) is 4.79 Å². The number of nitrogens with one attached hydrogen (secondary N) is 1. The van der Waals surface area contributed by atoms with Crippen LogP contribution in [0, 0.1) is 17.2 Å². The van der Waals surface area contributed by atoms with Crippen LogP contribution in [0.4, 0.5) is 5.69 Å². The van der Waals surface area contributed by atoms with Crippen LogP contribution >= 0.6 is 0 Å². The molecule has 0 saturated carbocycles. The first kappa shape index (κ1) is 16.8. The molecule has 0 atom stereocenters. The Balaban J connectivity index is 2.07. The molecule has 1 amide bonds. The normalized spacial score (nSPS) is 15.9. The zero-order valence-electron chi connectivity index (χ0n) is 13.5. The Morgan fingerprint density at radius 3 is 2.65 bits per heavy atom. The van der Waals surface area contributed by atoms with E-state index in [1.165, 1.54) is 13.1 Å². The maximum absolute atomic E-state index is 12.4. The molecule has 1 fully saturated rings. The third-order valence-electron chi connectivity index (χ3n) is 4.07. The summed E-state index contributed by atoms with van der Waals surface area (Å²) in [5.74, 6) is 0.354. The van der Waals surface area contributed by atoms with Crippen LogP contribution in [-0.4, -0.2) is 29.7 Å². The smallest absolute Gasteiger partial charge is 0.266 e. The fourth-order valence-electron chi connectivity index (χ4n) is 2.51. The molecule has 1 heterocycles. The van der Waals surface area contributed by atoms with Crippen LogP contribution in [0.5, 0.6) is 0 Å². The number of amides is 1. The van der Waals surface area contributed by atoms with E-state index in [2.05, 4.69) is 12.2 Å². The molecule has 23 heavy (non-hydrogen) atoms. The predicted molar refractivity (Wildman–Crippen MR) is 88.7 cm³/mol. The average Bonchev–Trinajstić information content (AvgIpc) is 2.56. The van der Waals surface area contributed by atoms with Crippen molar-refractivity contribution in [3.05, 3.63) is 41.6 Å². The molecule has 0 aromatic heterocycles. The second kappa shape index (κ2) is 7.59. The molecule has 1 aliphatic heterocycles. The van der Waals surface area contributed by atoms with Gasteiger partial charge in [-0.25, -0.2) is 0 Å². The van der Waals surface area contributed by atoms with E-state index >= 15 is 0 Å². The first-order valence-electron chi connectivity index (χ1n) is 7.78. The summed E-state index contributed by atoms with van der Waals surface area (Å²) in [6, 6.07) is 8.92. The summed E-state index contributed by atoms with van der Waals surface area (Å²) >= 11 is 0. The number of ketones is 1. The fraction of sp³-hybridized carbons (Fsp3) is 0.389. The molecule has 0 bridgehead atoms. The van der Waals surface area contributed by atoms with Crippen LogP contribution in [0.15, 0.2) is 36.0 Å². The van der Waals surface area contributed by atoms with Crippen LogP contribution in [0.2, 0.25) is 0 Å². The molecule has 5 heteroatoms. The number of Topliss-reactive ketones (excluding diaryl/α,β-unsaturated/α-hetero) is 1. The maximum atomic E-state index is 12.4. The Labute approximate surface area is 136 Å². The van der Waals surface area contributed by atoms with E-state index in [1.807, 2.05) is 6.07 Å². The van der Waals surface area contributed by atoms with Crippen molar-refractivity contribution in [1.82, 2.24) is 4.90 Å². The second-order valence-electron chi connectivity index (χ2n) is 5.93. The van der Waals surface area contributed by atoms with Gasteiger partial charge in [-0.05, 0) is 37.8 Å². The number of nitrogens with zero attached hydrogens (tertiary/aromatic N) is 2. The van der Waals surface area contributed by atoms with Gasteiger partial charge in [0.25, 0.3) is 5.91 Å². The van der Waals surface area contributed by atoms with Gasteiger partial charge in [-0.1, -0.05) is 19.1 Å². The van der Waals surface area contributed by atoms with Gasteiger partial charge < -0.3 is 10.2 Å². The van der Waals surface area contributed by atoms with Crippen molar-refractivity contribution in [3.63, 3.8) is 0 Å². The van der Waals surface area contributed by atoms with E-state index in [0.29, 0.717) is 30.3 Å². The SMILES string of the molecule is CC(=O)c1cccc(N/C=C(/C#N)C(=O)N2CCC(C)CC2)c1. The van der Waals surface area contributed by atoms with Crippen molar-refractivity contribution in [2.45, 2.75) is 26.7 Å². The van der Waals surface area contributed by atoms with Crippen molar-refractivity contribution in [2.75, 3.05) is 18.4 Å². The maximum Gasteiger partial charge on any atom is 0.266 e. The van der Waals surface area contributed by atoms with Gasteiger partial charge in [0.2, 0.25) is 0 Å². The molecule has 1 aromatic rings. The zero-order chi connectivity index (χ0) is 16.8. The number of benzene rings is 1. The number of rotatable bonds is 4. The third-order valence-corrected chi connectivity index (χ3v) is 4.07. The van der Waals surface area contributed by atoms with E-state index in [0.717, 1.165) is 12.8 Å². The van der Waals surface area contributed by atoms with E-state index in [9.17, 15) is 14.9 Å². The van der Waals surface area contributed by atoms with Crippen LogP contribution in [0.3, 0.4) is 0 Å². The minimum Gasteiger partial charge on any atom is -0.360 e. The quantitative estimate of drug-likeness (QED) is 0.527. The molecule has 1 saturated heterocycles. The minimum atomic E-state index is -0.241. The van der Waals surface area contributed by atoms with E-state index in [1.54, 1.807) is 29.2 Å². The van der Waals surface area contributed by atoms with Gasteiger partial charge in [-0.15, -0.1) is 0 Å². The van der Waals surface area contributed by atoms with Gasteiger partial charge in [-0.3, -0.25) is 9.59 Å². The number of likely N-dealkylation sites (tertiary alicyclic amines) is 1. The molecular formula is C18H21N3O2. The highest BCUT2D eigenvalue weighted by molar-refractivity contribution is 5.98. The highest BCUT2D eigenvalue weighted by Crippen LogP contribution is 2.18. The number of carbonyl (C=O) groups excluding carboxylic acids is 2. The molecule has 0 aliphatic carbocycles. The molecule has 1 aromatic carbocycles. The molecule has 0 spiro atoms. The summed E-state index contributed by atoms with van der Waals surface area (Å²) in [5.41, 5.74) is 1.33. The summed E-state index contributed by atoms with van der Waals surface area (Å²) in [7, 11) is 0. The molecular weight excluding hydrogens is 290 g/mol. The molecule has 1 aliphatic rings. The van der Waals surface area contributed by atoms with Crippen LogP contribution < -0.4 is 5.32 Å². The largest absolute Gasteiger partial charge is 0.360 e. The monoisotopic (exact) mass is 311 g/mol. The van der Waals surface area contributed by atoms with Gasteiger partial charge in [0.05, 0.1) is 0 Å². The minimum absolute atomic E-state index is 0.0309. The number of hydrogen-bond donors (Lipinski definition) is 1. The number of piperidine rings is 1. The average molecular weight is 311 g/mol. The second-order valence-corrected chi connectivity index (χ2v) is 5.93. The number of carbonyl (C=O) groups is 2. The summed E-state index contributed by atoms with van der Waals surface area (Å²) in [6.07, 6.45) is 3.36. The van der Waals surface area contributed by atoms with Gasteiger partial charge >= 0.3 is 0 Å². The van der Waals surface area contributed by atoms with Crippen LogP contribution in [0.1, 0.15) is 37.0 Å². The van der Waals surface area contributed by atoms with Gasteiger partial charge in [0.1, 0.15) is 11.6 Å². The highest BCUT2D eigenvalue weighted by atomic mass is 16.2. The highest BCUT2D eigenvalue weighted by Gasteiger charge is 2.22. The Hall–Kier alpha value is -2.61. The summed E-state index contributed by atoms with van der Waals surface area (Å²) < 4.78 is 0. The number of anilines is 1. The van der Waals surface area contributed by atoms with Crippen molar-refractivity contribution in [1.29, 1.82) is 5.26 Å². The lowest BCUT2D eigenvalue weighted by Gasteiger charge is -2.30. The van der Waals surface area contributed by atoms with Crippen molar-refractivity contribution >= 4 is 17.4 Å². The van der Waals surface area contributed by atoms with Crippen LogP contribution in [0.25, 0.3) is 0 Å². The first-order valence-corrected chi connectivity index (χ1v) is 7.78. The topological polar surface area (TPSA) is 73.2 Å². The standard InChI is InChI=1S/C18H21N3O2/c1-13-6-8-21(9-7-13)18(23)16(11-19)12-20-17-5-3-4-15(10-17)14(2)22/h3-5,10,12-13,20H,6-9H2,1-2H3/b16-12-. The first-order chi connectivity index (χ1) is 11.0. The number of hydrogen-bond acceptors (Lipinski definition) is 4. The van der Waals surface area contributed by atoms with Crippen molar-refractivity contribution < 1.29 is 9.59 Å². The van der Waals surface area contributed by atoms with Gasteiger partial charge in [-0.2, -0.15) is 5.26 Å². The molecule has 5 nitrogen and oxygen atoms in total. The molecule has 120 valence electrons. The molecule has 0 radical (unpaired) electrons. The Morgan fingerprint density at radius 1 is 1.35 bits per heavy atom. The van der Waals surface area contributed by atoms with Crippen molar-refractivity contribution in [3.8, 4) is 6.07 Å². The van der Waals surface area contributed by atoms with E-state index < -0.39 is 0 Å². The predicted octanol–water partition coefficient (Wildman–Crippen LogP) is 2.97. The number of nitriles is 1. The lowest BCUT2D eigenvalue weighted by molar-refractivity contribution is -0.128. The van der Waals surface area contributed by atoms with E-state index in [-0.39, 0.29) is 17.3 Å². The molecule has 2 rings (SSSR count). The summed E-state index contributed by atoms with van der Waals surface area (Å²) in [4.78, 5) is 25.5. The summed E-state index contributed by atoms with van der Waals surface area (Å²) in [5, 5.41) is 12.2. The Kier molecular flexibility index (Phi) is 5.53. The van der Waals surface area contributed by atoms with Gasteiger partial charge in [0.15, 0.2) is 5.78 Å². The fourth-order valence-corrected chi connectivity index (χ4v) is 2.51. The Morgan fingerprint density at radius 2 is 2.04 bits per heavy atom. The molecule has 1 N–H and O–H groups in total. The third kappa shape index (κ3) is 4.43. The van der Waals surface area contributed by atoms with E-state index in [4.69, 9.17) is 0 Å². The Bertz CT molecular complexity index is 665. The zero-order valence-corrected chi connectivity index (χ0v) is 13.5. The lowest BCUT2D eigenvalue weighted by Crippen LogP contribution is -2.38. The summed E-state index contributed by atoms with van der Waals surface area (Å²) in [6.45, 7) is 5.06.